The molecule has 3 aliphatic rings. The molecule has 1 amide bonds. The molecule has 2 bridgehead atoms. The highest BCUT2D eigenvalue weighted by Gasteiger charge is 2.63. The Morgan fingerprint density at radius 3 is 2.88 bits per heavy atom. The Morgan fingerprint density at radius 2 is 2.19 bits per heavy atom. The fourth-order valence-electron chi connectivity index (χ4n) is 4.93. The van der Waals surface area contributed by atoms with Gasteiger partial charge in [0.15, 0.2) is 0 Å². The van der Waals surface area contributed by atoms with E-state index in [2.05, 4.69) is 15.4 Å². The molecule has 136 valence electrons. The van der Waals surface area contributed by atoms with Crippen LogP contribution in [0, 0.1) is 11.8 Å². The van der Waals surface area contributed by atoms with Crippen LogP contribution in [-0.2, 0) is 11.8 Å². The van der Waals surface area contributed by atoms with E-state index in [0.29, 0.717) is 24.5 Å². The van der Waals surface area contributed by atoms with Gasteiger partial charge in [0.25, 0.3) is 5.91 Å². The molecule has 0 saturated carbocycles. The van der Waals surface area contributed by atoms with E-state index >= 15 is 0 Å². The number of carbonyl (C=O) groups excluding carboxylic acids is 1. The summed E-state index contributed by atoms with van der Waals surface area (Å²) < 4.78 is 6.20. The van der Waals surface area contributed by atoms with Gasteiger partial charge >= 0.3 is 0 Å². The number of aryl methyl sites for hydroxylation is 1. The maximum Gasteiger partial charge on any atom is 0.253 e. The van der Waals surface area contributed by atoms with Crippen molar-refractivity contribution < 1.29 is 14.6 Å². The van der Waals surface area contributed by atoms with Crippen LogP contribution in [0.5, 0.6) is 0 Å². The lowest BCUT2D eigenvalue weighted by Crippen LogP contribution is -2.38. The molecule has 1 aromatic heterocycles. The lowest BCUT2D eigenvalue weighted by molar-refractivity contribution is 0.00154. The van der Waals surface area contributed by atoms with Crippen molar-refractivity contribution in [2.75, 3.05) is 19.7 Å². The standard InChI is InChI=1S/C18H21N5O3/c1-22-20-16(19-21-22)11-2-4-12(5-3-11)17(25)23-8-14-13(9-24)15-6-7-18(14,10-23)26-15/h2-5,13-15,24H,6-10H2,1H3/t13-,14+,15+,18+/m1/s1. The number of amides is 1. The largest absolute Gasteiger partial charge is 0.396 e. The number of benzene rings is 1. The predicted octanol–water partition coefficient (Wildman–Crippen LogP) is 0.489. The molecule has 8 nitrogen and oxygen atoms in total. The van der Waals surface area contributed by atoms with E-state index in [1.165, 1.54) is 4.80 Å². The van der Waals surface area contributed by atoms with Gasteiger partial charge in [0, 0.05) is 36.1 Å². The molecular formula is C18H21N5O3. The van der Waals surface area contributed by atoms with Crippen molar-refractivity contribution in [3.8, 4) is 11.4 Å². The van der Waals surface area contributed by atoms with Crippen LogP contribution in [0.4, 0.5) is 0 Å². The summed E-state index contributed by atoms with van der Waals surface area (Å²) in [6.45, 7) is 1.42. The van der Waals surface area contributed by atoms with Crippen molar-refractivity contribution in [2.45, 2.75) is 24.5 Å². The number of hydrogen-bond donors (Lipinski definition) is 1. The molecule has 3 saturated heterocycles. The zero-order valence-electron chi connectivity index (χ0n) is 14.6. The second kappa shape index (κ2) is 5.59. The summed E-state index contributed by atoms with van der Waals surface area (Å²) in [5.41, 5.74) is 1.23. The number of aliphatic hydroxyl groups is 1. The van der Waals surface area contributed by atoms with E-state index in [1.54, 1.807) is 7.05 Å². The summed E-state index contributed by atoms with van der Waals surface area (Å²) in [5.74, 6) is 0.957. The van der Waals surface area contributed by atoms with E-state index in [4.69, 9.17) is 4.74 Å². The molecule has 4 heterocycles. The molecule has 3 fully saturated rings. The van der Waals surface area contributed by atoms with Gasteiger partial charge in [0.2, 0.25) is 5.82 Å². The average Bonchev–Trinajstić information content (AvgIpc) is 3.40. The zero-order valence-corrected chi connectivity index (χ0v) is 14.6. The van der Waals surface area contributed by atoms with Crippen molar-refractivity contribution in [3.05, 3.63) is 29.8 Å². The molecule has 5 rings (SSSR count). The fourth-order valence-corrected chi connectivity index (χ4v) is 4.93. The first-order valence-corrected chi connectivity index (χ1v) is 9.02. The monoisotopic (exact) mass is 355 g/mol. The van der Waals surface area contributed by atoms with E-state index in [0.717, 1.165) is 18.4 Å². The number of aromatic nitrogens is 4. The number of tetrazole rings is 1. The molecule has 26 heavy (non-hydrogen) atoms. The summed E-state index contributed by atoms with van der Waals surface area (Å²) in [5, 5.41) is 21.7. The quantitative estimate of drug-likeness (QED) is 0.861. The molecule has 1 spiro atoms. The van der Waals surface area contributed by atoms with E-state index in [1.807, 2.05) is 29.2 Å². The van der Waals surface area contributed by atoms with Gasteiger partial charge < -0.3 is 14.7 Å². The van der Waals surface area contributed by atoms with Crippen molar-refractivity contribution in [3.63, 3.8) is 0 Å². The molecule has 3 aliphatic heterocycles. The minimum absolute atomic E-state index is 0.0103. The van der Waals surface area contributed by atoms with Crippen molar-refractivity contribution in [1.82, 2.24) is 25.1 Å². The maximum absolute atomic E-state index is 13.0. The number of hydrogen-bond acceptors (Lipinski definition) is 6. The summed E-state index contributed by atoms with van der Waals surface area (Å²) in [7, 11) is 1.72. The van der Waals surface area contributed by atoms with Gasteiger partial charge in [-0.15, -0.1) is 10.2 Å². The SMILES string of the molecule is Cn1nnc(-c2ccc(C(=O)N3C[C@H]4[C@@H](CO)[C@@H]5CC[C@@]4(C3)O5)cc2)n1. The summed E-state index contributed by atoms with van der Waals surface area (Å²) >= 11 is 0. The topological polar surface area (TPSA) is 93.4 Å². The molecule has 2 aromatic rings. The van der Waals surface area contributed by atoms with Crippen LogP contribution in [0.1, 0.15) is 23.2 Å². The third kappa shape index (κ3) is 2.22. The number of nitrogens with zero attached hydrogens (tertiary/aromatic N) is 5. The average molecular weight is 355 g/mol. The normalized spacial score (nSPS) is 32.2. The van der Waals surface area contributed by atoms with E-state index < -0.39 is 0 Å². The Hall–Kier alpha value is -2.32. The van der Waals surface area contributed by atoms with Crippen LogP contribution < -0.4 is 0 Å². The number of aliphatic hydroxyl groups excluding tert-OH is 1. The highest BCUT2D eigenvalue weighted by Crippen LogP contribution is 2.54. The van der Waals surface area contributed by atoms with Crippen LogP contribution in [0.3, 0.4) is 0 Å². The number of carbonyl (C=O) groups is 1. The van der Waals surface area contributed by atoms with Crippen LogP contribution in [0.2, 0.25) is 0 Å². The lowest BCUT2D eigenvalue weighted by Gasteiger charge is -2.27. The molecule has 0 aliphatic carbocycles. The first-order chi connectivity index (χ1) is 12.6. The predicted molar refractivity (Wildman–Crippen MR) is 91.0 cm³/mol. The zero-order chi connectivity index (χ0) is 17.9. The molecule has 0 radical (unpaired) electrons. The fraction of sp³-hybridized carbons (Fsp3) is 0.556. The Morgan fingerprint density at radius 1 is 1.38 bits per heavy atom. The summed E-state index contributed by atoms with van der Waals surface area (Å²) in [4.78, 5) is 16.2. The molecule has 1 aromatic carbocycles. The van der Waals surface area contributed by atoms with Crippen LogP contribution >= 0.6 is 0 Å². The molecule has 4 atom stereocenters. The smallest absolute Gasteiger partial charge is 0.253 e. The van der Waals surface area contributed by atoms with Gasteiger partial charge in [0.05, 0.1) is 25.3 Å². The summed E-state index contributed by atoms with van der Waals surface area (Å²) in [6, 6.07) is 7.30. The highest BCUT2D eigenvalue weighted by molar-refractivity contribution is 5.95. The van der Waals surface area contributed by atoms with Gasteiger partial charge in [0.1, 0.15) is 0 Å². The number of ether oxygens (including phenoxy) is 1. The van der Waals surface area contributed by atoms with Crippen molar-refractivity contribution in [1.29, 1.82) is 0 Å². The third-order valence-corrected chi connectivity index (χ3v) is 6.18. The van der Waals surface area contributed by atoms with Gasteiger partial charge in [-0.05, 0) is 30.2 Å². The maximum atomic E-state index is 13.0. The molecular weight excluding hydrogens is 334 g/mol. The van der Waals surface area contributed by atoms with Crippen molar-refractivity contribution >= 4 is 5.91 Å². The second-order valence-corrected chi connectivity index (χ2v) is 7.58. The third-order valence-electron chi connectivity index (χ3n) is 6.18. The number of rotatable bonds is 3. The Labute approximate surface area is 150 Å². The lowest BCUT2D eigenvalue weighted by atomic mass is 9.74. The Balaban J connectivity index is 1.35. The first-order valence-electron chi connectivity index (χ1n) is 9.02. The van der Waals surface area contributed by atoms with Gasteiger partial charge in [-0.2, -0.15) is 4.80 Å². The number of fused-ring (bicyclic) bond motifs is 1. The van der Waals surface area contributed by atoms with Crippen LogP contribution in [0.25, 0.3) is 11.4 Å². The van der Waals surface area contributed by atoms with Gasteiger partial charge in [-0.3, -0.25) is 4.79 Å². The Kier molecular flexibility index (Phi) is 3.42. The second-order valence-electron chi connectivity index (χ2n) is 7.58. The summed E-state index contributed by atoms with van der Waals surface area (Å²) in [6.07, 6.45) is 2.14. The molecule has 1 N–H and O–H groups in total. The molecule has 8 heteroatoms. The van der Waals surface area contributed by atoms with Gasteiger partial charge in [-0.25, -0.2) is 0 Å². The number of likely N-dealkylation sites (tertiary alicyclic amines) is 1. The minimum Gasteiger partial charge on any atom is -0.396 e. The molecule has 0 unspecified atom stereocenters. The van der Waals surface area contributed by atoms with Crippen LogP contribution in [0.15, 0.2) is 24.3 Å². The van der Waals surface area contributed by atoms with E-state index in [9.17, 15) is 9.90 Å². The van der Waals surface area contributed by atoms with Gasteiger partial charge in [-0.1, -0.05) is 12.1 Å². The Bertz CT molecular complexity index is 851. The van der Waals surface area contributed by atoms with E-state index in [-0.39, 0.29) is 36.1 Å². The highest BCUT2D eigenvalue weighted by atomic mass is 16.5. The van der Waals surface area contributed by atoms with Crippen LogP contribution in [-0.4, -0.2) is 67.5 Å². The minimum atomic E-state index is -0.239. The van der Waals surface area contributed by atoms with Crippen molar-refractivity contribution in [2.24, 2.45) is 18.9 Å². The first kappa shape index (κ1) is 15.9.